The Balaban J connectivity index is 2.02. The van der Waals surface area contributed by atoms with Crippen LogP contribution < -0.4 is 16.0 Å². The molecule has 0 aromatic heterocycles. The molecule has 0 saturated heterocycles. The first-order chi connectivity index (χ1) is 11.5. The smallest absolute Gasteiger partial charge is 0.255 e. The van der Waals surface area contributed by atoms with Crippen molar-refractivity contribution in [1.82, 2.24) is 5.32 Å². The summed E-state index contributed by atoms with van der Waals surface area (Å²) in [7, 11) is 0. The maximum absolute atomic E-state index is 12.4. The molecule has 2 amide bonds. The van der Waals surface area contributed by atoms with Crippen LogP contribution in [0.15, 0.2) is 48.5 Å². The van der Waals surface area contributed by atoms with Crippen molar-refractivity contribution in [2.75, 3.05) is 11.4 Å². The van der Waals surface area contributed by atoms with Gasteiger partial charge in [0, 0.05) is 0 Å². The number of hydrogen-bond donors (Lipinski definition) is 2. The Hall–Kier alpha value is -2.82. The molecule has 3 rings (SSSR count). The van der Waals surface area contributed by atoms with E-state index in [1.807, 2.05) is 29.2 Å². The van der Waals surface area contributed by atoms with Gasteiger partial charge in [-0.25, -0.2) is 0 Å². The Morgan fingerprint density at radius 1 is 1.17 bits per heavy atom. The molecule has 0 radical (unpaired) electrons. The first kappa shape index (κ1) is 16.1. The summed E-state index contributed by atoms with van der Waals surface area (Å²) in [6.45, 7) is 4.30. The molecule has 0 fully saturated rings. The lowest BCUT2D eigenvalue weighted by atomic mass is 9.98. The Labute approximate surface area is 141 Å². The molecule has 1 atom stereocenters. The van der Waals surface area contributed by atoms with E-state index >= 15 is 0 Å². The molecular weight excluding hydrogens is 302 g/mol. The van der Waals surface area contributed by atoms with E-state index in [1.54, 1.807) is 12.1 Å². The van der Waals surface area contributed by atoms with E-state index in [0.29, 0.717) is 11.5 Å². The monoisotopic (exact) mass is 323 g/mol. The number of carbonyl (C=O) groups is 2. The number of fused-ring (bicyclic) bond motifs is 1. The van der Waals surface area contributed by atoms with Crippen molar-refractivity contribution >= 4 is 17.5 Å². The maximum Gasteiger partial charge on any atom is 0.255 e. The van der Waals surface area contributed by atoms with Gasteiger partial charge in [-0.2, -0.15) is 0 Å². The number of hydrogen-bond acceptors (Lipinski definition) is 3. The topological polar surface area (TPSA) is 75.4 Å². The minimum atomic E-state index is -0.440. The summed E-state index contributed by atoms with van der Waals surface area (Å²) in [4.78, 5) is 25.8. The molecule has 2 aromatic rings. The zero-order valence-corrected chi connectivity index (χ0v) is 13.8. The summed E-state index contributed by atoms with van der Waals surface area (Å²) in [6.07, 6.45) is -0.416. The van der Waals surface area contributed by atoms with Gasteiger partial charge in [0.25, 0.3) is 5.91 Å². The van der Waals surface area contributed by atoms with Crippen LogP contribution in [0.5, 0.6) is 0 Å². The Morgan fingerprint density at radius 2 is 1.83 bits per heavy atom. The number of primary amides is 1. The number of nitrogens with two attached hydrogens (primary N) is 1. The van der Waals surface area contributed by atoms with Crippen LogP contribution in [0.4, 0.5) is 5.69 Å². The Morgan fingerprint density at radius 3 is 2.46 bits per heavy atom. The highest BCUT2D eigenvalue weighted by Gasteiger charge is 2.32. The highest BCUT2D eigenvalue weighted by molar-refractivity contribution is 6.02. The van der Waals surface area contributed by atoms with Crippen molar-refractivity contribution in [3.63, 3.8) is 0 Å². The molecule has 0 aliphatic carbocycles. The first-order valence-electron chi connectivity index (χ1n) is 8.02. The van der Waals surface area contributed by atoms with Crippen LogP contribution in [-0.2, 0) is 4.79 Å². The number of carbonyl (C=O) groups excluding carboxylic acids is 2. The SMILES string of the molecule is CC(C)c1ccc(C2NC(=O)c3ccccc3N2CC(N)=O)cc1. The predicted octanol–water partition coefficient (Wildman–Crippen LogP) is 2.54. The third-order valence-electron chi connectivity index (χ3n) is 4.28. The normalized spacial score (nSPS) is 16.7. The molecule has 1 heterocycles. The fraction of sp³-hybridized carbons (Fsp3) is 0.263. The van der Waals surface area contributed by atoms with Gasteiger partial charge < -0.3 is 16.0 Å². The van der Waals surface area contributed by atoms with E-state index in [2.05, 4.69) is 31.3 Å². The second-order valence-electron chi connectivity index (χ2n) is 6.31. The van der Waals surface area contributed by atoms with Gasteiger partial charge in [-0.15, -0.1) is 0 Å². The summed E-state index contributed by atoms with van der Waals surface area (Å²) in [5.74, 6) is -0.156. The van der Waals surface area contributed by atoms with E-state index in [9.17, 15) is 9.59 Å². The average Bonchev–Trinajstić information content (AvgIpc) is 2.57. The van der Waals surface area contributed by atoms with Crippen molar-refractivity contribution in [2.24, 2.45) is 5.73 Å². The zero-order chi connectivity index (χ0) is 17.3. The average molecular weight is 323 g/mol. The van der Waals surface area contributed by atoms with Crippen LogP contribution in [0.1, 0.15) is 47.4 Å². The highest BCUT2D eigenvalue weighted by atomic mass is 16.2. The van der Waals surface area contributed by atoms with Gasteiger partial charge in [-0.05, 0) is 29.2 Å². The second-order valence-corrected chi connectivity index (χ2v) is 6.31. The Kier molecular flexibility index (Phi) is 4.25. The molecule has 5 nitrogen and oxygen atoms in total. The molecule has 124 valence electrons. The number of para-hydroxylation sites is 1. The van der Waals surface area contributed by atoms with Crippen LogP contribution in [0.2, 0.25) is 0 Å². The molecule has 0 spiro atoms. The number of amides is 2. The van der Waals surface area contributed by atoms with E-state index in [0.717, 1.165) is 11.3 Å². The van der Waals surface area contributed by atoms with Crippen LogP contribution >= 0.6 is 0 Å². The lowest BCUT2D eigenvalue weighted by Crippen LogP contribution is -2.49. The molecule has 0 bridgehead atoms. The zero-order valence-electron chi connectivity index (χ0n) is 13.8. The molecule has 5 heteroatoms. The number of nitrogens with one attached hydrogen (secondary N) is 1. The third-order valence-corrected chi connectivity index (χ3v) is 4.28. The van der Waals surface area contributed by atoms with Crippen LogP contribution in [0.25, 0.3) is 0 Å². The number of rotatable bonds is 4. The van der Waals surface area contributed by atoms with Gasteiger partial charge in [-0.1, -0.05) is 50.2 Å². The minimum Gasteiger partial charge on any atom is -0.368 e. The summed E-state index contributed by atoms with van der Waals surface area (Å²) >= 11 is 0. The van der Waals surface area contributed by atoms with Crippen LogP contribution in [-0.4, -0.2) is 18.4 Å². The van der Waals surface area contributed by atoms with Crippen molar-refractivity contribution in [3.8, 4) is 0 Å². The van der Waals surface area contributed by atoms with Gasteiger partial charge >= 0.3 is 0 Å². The largest absolute Gasteiger partial charge is 0.368 e. The van der Waals surface area contributed by atoms with Gasteiger partial charge in [-0.3, -0.25) is 9.59 Å². The molecule has 3 N–H and O–H groups in total. The maximum atomic E-state index is 12.4. The van der Waals surface area contributed by atoms with Crippen molar-refractivity contribution < 1.29 is 9.59 Å². The molecule has 24 heavy (non-hydrogen) atoms. The van der Waals surface area contributed by atoms with Crippen LogP contribution in [0, 0.1) is 0 Å². The van der Waals surface area contributed by atoms with Crippen LogP contribution in [0.3, 0.4) is 0 Å². The van der Waals surface area contributed by atoms with E-state index in [-0.39, 0.29) is 12.5 Å². The first-order valence-corrected chi connectivity index (χ1v) is 8.02. The number of anilines is 1. The van der Waals surface area contributed by atoms with Gasteiger partial charge in [0.05, 0.1) is 17.8 Å². The van der Waals surface area contributed by atoms with E-state index in [1.165, 1.54) is 5.56 Å². The summed E-state index contributed by atoms with van der Waals surface area (Å²) in [5, 5.41) is 2.97. The quantitative estimate of drug-likeness (QED) is 0.908. The fourth-order valence-electron chi connectivity index (χ4n) is 3.01. The number of nitrogens with zero attached hydrogens (tertiary/aromatic N) is 1. The summed E-state index contributed by atoms with van der Waals surface area (Å²) in [6, 6.07) is 15.3. The fourth-order valence-corrected chi connectivity index (χ4v) is 3.01. The van der Waals surface area contributed by atoms with E-state index in [4.69, 9.17) is 5.73 Å². The molecular formula is C19H21N3O2. The minimum absolute atomic E-state index is 0.0356. The van der Waals surface area contributed by atoms with Gasteiger partial charge in [0.2, 0.25) is 5.91 Å². The molecule has 2 aromatic carbocycles. The lowest BCUT2D eigenvalue weighted by molar-refractivity contribution is -0.116. The summed E-state index contributed by atoms with van der Waals surface area (Å²) < 4.78 is 0. The van der Waals surface area contributed by atoms with Gasteiger partial charge in [0.15, 0.2) is 0 Å². The molecule has 0 saturated carbocycles. The predicted molar refractivity (Wildman–Crippen MR) is 93.7 cm³/mol. The second kappa shape index (κ2) is 6.35. The van der Waals surface area contributed by atoms with Crippen molar-refractivity contribution in [3.05, 3.63) is 65.2 Å². The summed E-state index contributed by atoms with van der Waals surface area (Å²) in [5.41, 5.74) is 8.84. The molecule has 1 aliphatic heterocycles. The highest BCUT2D eigenvalue weighted by Crippen LogP contribution is 2.33. The van der Waals surface area contributed by atoms with Gasteiger partial charge in [0.1, 0.15) is 6.17 Å². The standard InChI is InChI=1S/C19H21N3O2/c1-12(2)13-7-9-14(10-8-13)18-21-19(24)15-5-3-4-6-16(15)22(18)11-17(20)23/h3-10,12,18H,11H2,1-2H3,(H2,20,23)(H,21,24). The Bertz CT molecular complexity index is 768. The third kappa shape index (κ3) is 2.97. The van der Waals surface area contributed by atoms with Crippen molar-refractivity contribution in [1.29, 1.82) is 0 Å². The number of benzene rings is 2. The lowest BCUT2D eigenvalue weighted by Gasteiger charge is -2.38. The van der Waals surface area contributed by atoms with Crippen molar-refractivity contribution in [2.45, 2.75) is 25.9 Å². The molecule has 1 aliphatic rings. The van der Waals surface area contributed by atoms with E-state index < -0.39 is 12.1 Å². The molecule has 1 unspecified atom stereocenters.